The van der Waals surface area contributed by atoms with Crippen LogP contribution >= 0.6 is 11.6 Å². The molecule has 2 heterocycles. The first kappa shape index (κ1) is 20.5. The molecule has 0 radical (unpaired) electrons. The zero-order chi connectivity index (χ0) is 21.0. The molecule has 3 rings (SSSR count). The summed E-state index contributed by atoms with van der Waals surface area (Å²) in [6, 6.07) is 11.3. The van der Waals surface area contributed by atoms with Gasteiger partial charge in [0.2, 0.25) is 5.91 Å². The Bertz CT molecular complexity index is 1110. The van der Waals surface area contributed by atoms with Crippen molar-refractivity contribution in [1.29, 1.82) is 0 Å². The van der Waals surface area contributed by atoms with Crippen molar-refractivity contribution >= 4 is 29.1 Å². The number of aryl methyl sites for hydroxylation is 1. The topological polar surface area (TPSA) is 89.8 Å². The summed E-state index contributed by atoms with van der Waals surface area (Å²) in [6.07, 6.45) is 1.57. The fraction of sp³-hybridized carbons (Fsp3) is 0.238. The third kappa shape index (κ3) is 5.20. The molecule has 1 amide bonds. The van der Waals surface area contributed by atoms with E-state index in [-0.39, 0.29) is 24.5 Å². The van der Waals surface area contributed by atoms with E-state index >= 15 is 0 Å². The van der Waals surface area contributed by atoms with Gasteiger partial charge < -0.3 is 10.1 Å². The molecular formula is C21H20ClN3O4. The number of amides is 1. The van der Waals surface area contributed by atoms with Gasteiger partial charge in [-0.2, -0.15) is 0 Å². The van der Waals surface area contributed by atoms with Gasteiger partial charge in [-0.15, -0.1) is 0 Å². The van der Waals surface area contributed by atoms with Crippen LogP contribution in [-0.4, -0.2) is 21.3 Å². The highest BCUT2D eigenvalue weighted by molar-refractivity contribution is 6.30. The standard InChI is InChI=1S/C21H20ClN3O4/c1-13-4-3-9-25-19(27)10-17(24-21(13)25)12-29-20(28)11-18(23-14(2)26)15-5-7-16(22)8-6-15/h3-10,18H,11-12H2,1-2H3,(H,23,26). The molecule has 1 N–H and O–H groups in total. The Balaban J connectivity index is 1.71. The van der Waals surface area contributed by atoms with E-state index < -0.39 is 12.0 Å². The lowest BCUT2D eigenvalue weighted by Gasteiger charge is -2.17. The zero-order valence-electron chi connectivity index (χ0n) is 16.0. The molecule has 0 aliphatic rings. The number of nitrogens with zero attached hydrogens (tertiary/aromatic N) is 2. The number of nitrogens with one attached hydrogen (secondary N) is 1. The normalized spacial score (nSPS) is 11.8. The van der Waals surface area contributed by atoms with Crippen LogP contribution in [0.5, 0.6) is 0 Å². The second-order valence-corrected chi connectivity index (χ2v) is 7.08. The molecule has 0 bridgehead atoms. The fourth-order valence-electron chi connectivity index (χ4n) is 2.96. The number of ether oxygens (including phenoxy) is 1. The van der Waals surface area contributed by atoms with Crippen LogP contribution in [0.2, 0.25) is 5.02 Å². The van der Waals surface area contributed by atoms with Crippen LogP contribution in [0, 0.1) is 6.92 Å². The van der Waals surface area contributed by atoms with Gasteiger partial charge in [0.15, 0.2) is 0 Å². The number of carbonyl (C=O) groups is 2. The fourth-order valence-corrected chi connectivity index (χ4v) is 3.08. The molecule has 2 aromatic heterocycles. The molecule has 1 atom stereocenters. The summed E-state index contributed by atoms with van der Waals surface area (Å²) >= 11 is 5.90. The SMILES string of the molecule is CC(=O)NC(CC(=O)OCc1cc(=O)n2cccc(C)c2n1)c1ccc(Cl)cc1. The van der Waals surface area contributed by atoms with Gasteiger partial charge in [0.05, 0.1) is 18.2 Å². The molecule has 0 aliphatic heterocycles. The summed E-state index contributed by atoms with van der Waals surface area (Å²) in [5, 5.41) is 3.29. The van der Waals surface area contributed by atoms with Gasteiger partial charge in [0.25, 0.3) is 5.56 Å². The Morgan fingerprint density at radius 3 is 2.66 bits per heavy atom. The maximum Gasteiger partial charge on any atom is 0.308 e. The number of esters is 1. The molecule has 0 saturated heterocycles. The Morgan fingerprint density at radius 1 is 1.24 bits per heavy atom. The minimum Gasteiger partial charge on any atom is -0.459 e. The summed E-state index contributed by atoms with van der Waals surface area (Å²) < 4.78 is 6.74. The largest absolute Gasteiger partial charge is 0.459 e. The lowest BCUT2D eigenvalue weighted by molar-refractivity contribution is -0.145. The maximum absolute atomic E-state index is 12.4. The third-order valence-electron chi connectivity index (χ3n) is 4.34. The first-order valence-corrected chi connectivity index (χ1v) is 9.37. The molecule has 1 unspecified atom stereocenters. The average Bonchev–Trinajstić information content (AvgIpc) is 2.67. The van der Waals surface area contributed by atoms with Crippen LogP contribution in [0.1, 0.15) is 36.2 Å². The molecule has 150 valence electrons. The summed E-state index contributed by atoms with van der Waals surface area (Å²) in [7, 11) is 0. The molecule has 0 aliphatic carbocycles. The number of hydrogen-bond donors (Lipinski definition) is 1. The van der Waals surface area contributed by atoms with Crippen molar-refractivity contribution < 1.29 is 14.3 Å². The lowest BCUT2D eigenvalue weighted by Crippen LogP contribution is -2.28. The number of benzene rings is 1. The van der Waals surface area contributed by atoms with Crippen molar-refractivity contribution in [3.8, 4) is 0 Å². The summed E-state index contributed by atoms with van der Waals surface area (Å²) in [6.45, 7) is 3.09. The monoisotopic (exact) mass is 413 g/mol. The van der Waals surface area contributed by atoms with Crippen molar-refractivity contribution in [2.24, 2.45) is 0 Å². The van der Waals surface area contributed by atoms with E-state index in [9.17, 15) is 14.4 Å². The predicted octanol–water partition coefficient (Wildman–Crippen LogP) is 2.97. The molecule has 29 heavy (non-hydrogen) atoms. The third-order valence-corrected chi connectivity index (χ3v) is 4.59. The van der Waals surface area contributed by atoms with Crippen molar-refractivity contribution in [1.82, 2.24) is 14.7 Å². The van der Waals surface area contributed by atoms with E-state index in [4.69, 9.17) is 16.3 Å². The van der Waals surface area contributed by atoms with Gasteiger partial charge in [-0.3, -0.25) is 18.8 Å². The summed E-state index contributed by atoms with van der Waals surface area (Å²) in [5.74, 6) is -0.789. The summed E-state index contributed by atoms with van der Waals surface area (Å²) in [4.78, 5) is 40.5. The molecule has 1 aromatic carbocycles. The molecular weight excluding hydrogens is 394 g/mol. The first-order valence-electron chi connectivity index (χ1n) is 8.99. The number of fused-ring (bicyclic) bond motifs is 1. The van der Waals surface area contributed by atoms with E-state index in [1.807, 2.05) is 13.0 Å². The van der Waals surface area contributed by atoms with Crippen molar-refractivity contribution in [2.75, 3.05) is 0 Å². The second kappa shape index (κ2) is 8.87. The van der Waals surface area contributed by atoms with Gasteiger partial charge in [0.1, 0.15) is 12.3 Å². The number of hydrogen-bond acceptors (Lipinski definition) is 5. The van der Waals surface area contributed by atoms with E-state index in [1.54, 1.807) is 36.5 Å². The van der Waals surface area contributed by atoms with Crippen LogP contribution in [-0.2, 0) is 20.9 Å². The van der Waals surface area contributed by atoms with Gasteiger partial charge >= 0.3 is 5.97 Å². The van der Waals surface area contributed by atoms with Crippen LogP contribution in [0.25, 0.3) is 5.65 Å². The van der Waals surface area contributed by atoms with Gasteiger partial charge in [-0.05, 0) is 36.2 Å². The van der Waals surface area contributed by atoms with Crippen molar-refractivity contribution in [3.63, 3.8) is 0 Å². The minimum absolute atomic E-state index is 0.0627. The molecule has 7 nitrogen and oxygen atoms in total. The van der Waals surface area contributed by atoms with Gasteiger partial charge in [-0.25, -0.2) is 4.98 Å². The highest BCUT2D eigenvalue weighted by Gasteiger charge is 2.18. The number of halogens is 1. The second-order valence-electron chi connectivity index (χ2n) is 6.64. The molecule has 0 saturated carbocycles. The van der Waals surface area contributed by atoms with Gasteiger partial charge in [-0.1, -0.05) is 29.8 Å². The number of pyridine rings is 1. The molecule has 0 spiro atoms. The van der Waals surface area contributed by atoms with E-state index in [0.717, 1.165) is 11.1 Å². The molecule has 3 aromatic rings. The molecule has 0 fully saturated rings. The Morgan fingerprint density at radius 2 is 1.97 bits per heavy atom. The number of carbonyl (C=O) groups excluding carboxylic acids is 2. The average molecular weight is 414 g/mol. The van der Waals surface area contributed by atoms with Crippen LogP contribution in [0.4, 0.5) is 0 Å². The summed E-state index contributed by atoms with van der Waals surface area (Å²) in [5.41, 5.74) is 2.20. The van der Waals surface area contributed by atoms with E-state index in [0.29, 0.717) is 16.4 Å². The predicted molar refractivity (Wildman–Crippen MR) is 109 cm³/mol. The quantitative estimate of drug-likeness (QED) is 0.627. The van der Waals surface area contributed by atoms with Crippen LogP contribution in [0.3, 0.4) is 0 Å². The van der Waals surface area contributed by atoms with E-state index in [2.05, 4.69) is 10.3 Å². The smallest absolute Gasteiger partial charge is 0.308 e. The maximum atomic E-state index is 12.4. The highest BCUT2D eigenvalue weighted by atomic mass is 35.5. The van der Waals surface area contributed by atoms with Crippen LogP contribution < -0.4 is 10.9 Å². The van der Waals surface area contributed by atoms with E-state index in [1.165, 1.54) is 17.4 Å². The van der Waals surface area contributed by atoms with Crippen LogP contribution in [0.15, 0.2) is 53.5 Å². The lowest BCUT2D eigenvalue weighted by atomic mass is 10.0. The Kier molecular flexibility index (Phi) is 6.29. The number of rotatable bonds is 6. The van der Waals surface area contributed by atoms with Crippen molar-refractivity contribution in [2.45, 2.75) is 32.9 Å². The number of aromatic nitrogens is 2. The Labute approximate surface area is 172 Å². The highest BCUT2D eigenvalue weighted by Crippen LogP contribution is 2.20. The Hall–Kier alpha value is -3.19. The molecule has 8 heteroatoms. The zero-order valence-corrected chi connectivity index (χ0v) is 16.8. The van der Waals surface area contributed by atoms with Gasteiger partial charge in [0, 0.05) is 24.2 Å². The van der Waals surface area contributed by atoms with Crippen molar-refractivity contribution in [3.05, 3.63) is 80.9 Å². The first-order chi connectivity index (χ1) is 13.8. The minimum atomic E-state index is -0.547.